The summed E-state index contributed by atoms with van der Waals surface area (Å²) >= 11 is 1.65. The van der Waals surface area contributed by atoms with E-state index in [1.165, 1.54) is 0 Å². The molecule has 2 fully saturated rings. The summed E-state index contributed by atoms with van der Waals surface area (Å²) in [5, 5.41) is 3.05. The second-order valence-electron chi connectivity index (χ2n) is 7.67. The molecule has 2 aliphatic rings. The lowest BCUT2D eigenvalue weighted by molar-refractivity contribution is 0.270. The normalized spacial score (nSPS) is 18.9. The molecule has 2 aromatic rings. The number of piperazine rings is 2. The van der Waals surface area contributed by atoms with Gasteiger partial charge in [-0.15, -0.1) is 11.3 Å². The number of nitrogens with two attached hydrogens (primary N) is 1. The van der Waals surface area contributed by atoms with Crippen molar-refractivity contribution in [3.63, 3.8) is 0 Å². The maximum Gasteiger partial charge on any atom is 0.191 e. The van der Waals surface area contributed by atoms with Crippen LogP contribution in [0.5, 0.6) is 0 Å². The molecule has 30 heavy (non-hydrogen) atoms. The standard InChI is InChI=1S/C21H30FN7S/c1-2-26-6-8-27(9-7-26)19-4-3-17(15-18(19)22)16-25-20(23)28-10-12-29(13-11-28)21-24-5-14-30-21/h3-5,14-15H,2,6-13,16H2,1H3,(H2,23,25). The van der Waals surface area contributed by atoms with Crippen LogP contribution in [0.15, 0.2) is 34.8 Å². The molecule has 0 amide bonds. The highest BCUT2D eigenvalue weighted by molar-refractivity contribution is 7.13. The van der Waals surface area contributed by atoms with Gasteiger partial charge in [0.05, 0.1) is 12.2 Å². The summed E-state index contributed by atoms with van der Waals surface area (Å²) in [6, 6.07) is 5.44. The SMILES string of the molecule is CCN1CCN(c2ccc(CN=C(N)N3CCN(c4nccs4)CC3)cc2F)CC1. The van der Waals surface area contributed by atoms with Crippen LogP contribution in [-0.4, -0.2) is 79.6 Å². The van der Waals surface area contributed by atoms with Crippen LogP contribution in [0, 0.1) is 5.82 Å². The molecule has 0 radical (unpaired) electrons. The number of hydrogen-bond acceptors (Lipinski definition) is 6. The maximum absolute atomic E-state index is 14.7. The van der Waals surface area contributed by atoms with Crippen molar-refractivity contribution in [3.8, 4) is 0 Å². The molecule has 2 aliphatic heterocycles. The van der Waals surface area contributed by atoms with Gasteiger partial charge in [-0.05, 0) is 24.2 Å². The summed E-state index contributed by atoms with van der Waals surface area (Å²) in [4.78, 5) is 17.7. The number of aromatic nitrogens is 1. The van der Waals surface area contributed by atoms with E-state index in [-0.39, 0.29) is 5.82 Å². The molecule has 0 atom stereocenters. The fourth-order valence-electron chi connectivity index (χ4n) is 3.98. The van der Waals surface area contributed by atoms with Gasteiger partial charge in [0.2, 0.25) is 0 Å². The third-order valence-electron chi connectivity index (χ3n) is 5.89. The van der Waals surface area contributed by atoms with Crippen molar-refractivity contribution in [2.24, 2.45) is 10.7 Å². The fraction of sp³-hybridized carbons (Fsp3) is 0.524. The lowest BCUT2D eigenvalue weighted by Gasteiger charge is -2.35. The Hall–Kier alpha value is -2.39. The van der Waals surface area contributed by atoms with Gasteiger partial charge in [0.25, 0.3) is 0 Å². The Labute approximate surface area is 181 Å². The van der Waals surface area contributed by atoms with E-state index in [9.17, 15) is 4.39 Å². The highest BCUT2D eigenvalue weighted by Gasteiger charge is 2.20. The second-order valence-corrected chi connectivity index (χ2v) is 8.54. The van der Waals surface area contributed by atoms with Gasteiger partial charge in [-0.3, -0.25) is 0 Å². The summed E-state index contributed by atoms with van der Waals surface area (Å²) in [6.45, 7) is 10.7. The van der Waals surface area contributed by atoms with Crippen molar-refractivity contribution in [1.29, 1.82) is 0 Å². The van der Waals surface area contributed by atoms with Crippen LogP contribution in [0.3, 0.4) is 0 Å². The molecule has 0 spiro atoms. The van der Waals surface area contributed by atoms with Gasteiger partial charge < -0.3 is 25.3 Å². The van der Waals surface area contributed by atoms with Crippen LogP contribution in [0.2, 0.25) is 0 Å². The first-order valence-corrected chi connectivity index (χ1v) is 11.5. The first-order chi connectivity index (χ1) is 14.6. The highest BCUT2D eigenvalue weighted by Crippen LogP contribution is 2.23. The molecule has 0 saturated carbocycles. The number of hydrogen-bond donors (Lipinski definition) is 1. The van der Waals surface area contributed by atoms with Gasteiger partial charge >= 0.3 is 0 Å². The highest BCUT2D eigenvalue weighted by atomic mass is 32.1. The van der Waals surface area contributed by atoms with Gasteiger partial charge in [-0.2, -0.15) is 0 Å². The fourth-order valence-corrected chi connectivity index (χ4v) is 4.68. The molecule has 4 rings (SSSR count). The van der Waals surface area contributed by atoms with Crippen molar-refractivity contribution in [3.05, 3.63) is 41.2 Å². The predicted octanol–water partition coefficient (Wildman–Crippen LogP) is 2.06. The number of thiazole rings is 1. The zero-order valence-electron chi connectivity index (χ0n) is 17.5. The van der Waals surface area contributed by atoms with E-state index < -0.39 is 0 Å². The number of anilines is 2. The van der Waals surface area contributed by atoms with Crippen LogP contribution >= 0.6 is 11.3 Å². The second kappa shape index (κ2) is 9.61. The van der Waals surface area contributed by atoms with Crippen molar-refractivity contribution in [2.45, 2.75) is 13.5 Å². The molecule has 7 nitrogen and oxygen atoms in total. The van der Waals surface area contributed by atoms with Gasteiger partial charge in [-0.1, -0.05) is 13.0 Å². The molecule has 0 unspecified atom stereocenters. The maximum atomic E-state index is 14.7. The van der Waals surface area contributed by atoms with Crippen molar-refractivity contribution in [1.82, 2.24) is 14.8 Å². The average molecular weight is 432 g/mol. The Morgan fingerprint density at radius 3 is 2.47 bits per heavy atom. The zero-order valence-corrected chi connectivity index (χ0v) is 18.3. The van der Waals surface area contributed by atoms with Crippen LogP contribution < -0.4 is 15.5 Å². The molecule has 0 bridgehead atoms. The molecule has 162 valence electrons. The molecule has 2 saturated heterocycles. The molecule has 9 heteroatoms. The lowest BCUT2D eigenvalue weighted by atomic mass is 10.1. The van der Waals surface area contributed by atoms with Crippen LogP contribution in [0.1, 0.15) is 12.5 Å². The van der Waals surface area contributed by atoms with E-state index >= 15 is 0 Å². The molecule has 0 aliphatic carbocycles. The van der Waals surface area contributed by atoms with E-state index in [1.54, 1.807) is 17.4 Å². The molecule has 3 heterocycles. The first kappa shape index (κ1) is 20.9. The van der Waals surface area contributed by atoms with Crippen molar-refractivity contribution >= 4 is 28.1 Å². The Kier molecular flexibility index (Phi) is 6.69. The molecular weight excluding hydrogens is 401 g/mol. The van der Waals surface area contributed by atoms with E-state index in [2.05, 4.69) is 36.5 Å². The van der Waals surface area contributed by atoms with Crippen LogP contribution in [-0.2, 0) is 6.54 Å². The van der Waals surface area contributed by atoms with Gasteiger partial charge in [0, 0.05) is 63.9 Å². The number of aliphatic imine (C=N–C) groups is 1. The number of guanidine groups is 1. The number of nitrogens with zero attached hydrogens (tertiary/aromatic N) is 6. The molecule has 2 N–H and O–H groups in total. The zero-order chi connectivity index (χ0) is 20.9. The average Bonchev–Trinajstić information content (AvgIpc) is 3.33. The van der Waals surface area contributed by atoms with Gasteiger partial charge in [0.1, 0.15) is 5.82 Å². The van der Waals surface area contributed by atoms with Crippen molar-refractivity contribution in [2.75, 3.05) is 68.7 Å². The summed E-state index contributed by atoms with van der Waals surface area (Å²) in [7, 11) is 0. The number of benzene rings is 1. The molecule has 1 aromatic carbocycles. The smallest absolute Gasteiger partial charge is 0.191 e. The minimum Gasteiger partial charge on any atom is -0.370 e. The minimum atomic E-state index is -0.178. The monoisotopic (exact) mass is 431 g/mol. The topological polar surface area (TPSA) is 64.2 Å². The molecule has 1 aromatic heterocycles. The number of rotatable bonds is 5. The van der Waals surface area contributed by atoms with E-state index in [4.69, 9.17) is 5.73 Å². The number of likely N-dealkylation sites (N-methyl/N-ethyl adjacent to an activating group) is 1. The third-order valence-corrected chi connectivity index (χ3v) is 6.72. The Morgan fingerprint density at radius 1 is 1.10 bits per heavy atom. The van der Waals surface area contributed by atoms with E-state index in [0.717, 1.165) is 69.6 Å². The minimum absolute atomic E-state index is 0.178. The number of halogens is 1. The Bertz CT molecular complexity index is 841. The Morgan fingerprint density at radius 2 is 1.83 bits per heavy atom. The van der Waals surface area contributed by atoms with Crippen LogP contribution in [0.25, 0.3) is 0 Å². The largest absolute Gasteiger partial charge is 0.370 e. The summed E-state index contributed by atoms with van der Waals surface area (Å²) in [5.41, 5.74) is 7.73. The summed E-state index contributed by atoms with van der Waals surface area (Å²) in [6.07, 6.45) is 1.83. The third kappa shape index (κ3) is 4.84. The van der Waals surface area contributed by atoms with Gasteiger partial charge in [0.15, 0.2) is 11.1 Å². The quantitative estimate of drug-likeness (QED) is 0.578. The van der Waals surface area contributed by atoms with E-state index in [0.29, 0.717) is 18.2 Å². The van der Waals surface area contributed by atoms with Crippen molar-refractivity contribution < 1.29 is 4.39 Å². The summed E-state index contributed by atoms with van der Waals surface area (Å²) < 4.78 is 14.7. The summed E-state index contributed by atoms with van der Waals surface area (Å²) in [5.74, 6) is 0.345. The van der Waals surface area contributed by atoms with Crippen LogP contribution in [0.4, 0.5) is 15.2 Å². The Balaban J connectivity index is 1.31. The van der Waals surface area contributed by atoms with Gasteiger partial charge in [-0.25, -0.2) is 14.4 Å². The predicted molar refractivity (Wildman–Crippen MR) is 122 cm³/mol. The lowest BCUT2D eigenvalue weighted by Crippen LogP contribution is -2.51. The first-order valence-electron chi connectivity index (χ1n) is 10.6. The van der Waals surface area contributed by atoms with E-state index in [1.807, 2.05) is 23.7 Å². The molecular formula is C21H30FN7S.